The van der Waals surface area contributed by atoms with Gasteiger partial charge in [-0.25, -0.2) is 9.37 Å². The number of carbonyl (C=O) groups is 1. The molecule has 0 fully saturated rings. The highest BCUT2D eigenvalue weighted by molar-refractivity contribution is 5.94. The Hall–Kier alpha value is -2.94. The van der Waals surface area contributed by atoms with E-state index in [1.807, 2.05) is 0 Å². The Morgan fingerprint density at radius 2 is 2.19 bits per heavy atom. The highest BCUT2D eigenvalue weighted by Crippen LogP contribution is 2.08. The SMILES string of the molecule is C#CCNC(=O)c1ccc(NCc2ncccc2F)nc1. The van der Waals surface area contributed by atoms with Gasteiger partial charge in [-0.2, -0.15) is 0 Å². The van der Waals surface area contributed by atoms with Crippen molar-refractivity contribution in [1.82, 2.24) is 15.3 Å². The maximum atomic E-state index is 13.4. The van der Waals surface area contributed by atoms with Gasteiger partial charge in [0.2, 0.25) is 0 Å². The van der Waals surface area contributed by atoms with Crippen LogP contribution in [0.5, 0.6) is 0 Å². The van der Waals surface area contributed by atoms with Gasteiger partial charge in [-0.15, -0.1) is 6.42 Å². The van der Waals surface area contributed by atoms with Crippen molar-refractivity contribution in [3.8, 4) is 12.3 Å². The molecule has 2 aromatic heterocycles. The zero-order valence-corrected chi connectivity index (χ0v) is 11.1. The summed E-state index contributed by atoms with van der Waals surface area (Å²) in [5.74, 6) is 2.17. The second-order valence-corrected chi connectivity index (χ2v) is 4.10. The fraction of sp³-hybridized carbons (Fsp3) is 0.133. The molecule has 0 aliphatic heterocycles. The molecule has 2 aromatic rings. The zero-order valence-electron chi connectivity index (χ0n) is 11.1. The summed E-state index contributed by atoms with van der Waals surface area (Å²) in [6.07, 6.45) is 8.00. The number of rotatable bonds is 5. The molecule has 0 radical (unpaired) electrons. The third-order valence-electron chi connectivity index (χ3n) is 2.65. The minimum atomic E-state index is -0.379. The first-order chi connectivity index (χ1) is 10.2. The number of aromatic nitrogens is 2. The number of nitrogens with one attached hydrogen (secondary N) is 2. The van der Waals surface area contributed by atoms with Gasteiger partial charge in [-0.05, 0) is 24.3 Å². The van der Waals surface area contributed by atoms with E-state index in [-0.39, 0.29) is 24.8 Å². The minimum absolute atomic E-state index is 0.164. The van der Waals surface area contributed by atoms with Gasteiger partial charge >= 0.3 is 0 Å². The molecule has 6 heteroatoms. The molecule has 0 aliphatic carbocycles. The number of carbonyl (C=O) groups excluding carboxylic acids is 1. The van der Waals surface area contributed by atoms with Gasteiger partial charge in [-0.1, -0.05) is 5.92 Å². The number of terminal acetylenes is 1. The largest absolute Gasteiger partial charge is 0.364 e. The van der Waals surface area contributed by atoms with Gasteiger partial charge in [0, 0.05) is 12.4 Å². The normalized spacial score (nSPS) is 9.71. The third-order valence-corrected chi connectivity index (χ3v) is 2.65. The van der Waals surface area contributed by atoms with Crippen LogP contribution in [0.3, 0.4) is 0 Å². The molecular weight excluding hydrogens is 271 g/mol. The van der Waals surface area contributed by atoms with Crippen molar-refractivity contribution in [3.05, 3.63) is 53.7 Å². The minimum Gasteiger partial charge on any atom is -0.364 e. The topological polar surface area (TPSA) is 66.9 Å². The van der Waals surface area contributed by atoms with Crippen molar-refractivity contribution in [2.75, 3.05) is 11.9 Å². The van der Waals surface area contributed by atoms with Crippen molar-refractivity contribution in [2.45, 2.75) is 6.54 Å². The summed E-state index contributed by atoms with van der Waals surface area (Å²) in [7, 11) is 0. The Labute approximate surface area is 121 Å². The Kier molecular flexibility index (Phi) is 4.83. The highest BCUT2D eigenvalue weighted by Gasteiger charge is 2.06. The van der Waals surface area contributed by atoms with E-state index < -0.39 is 0 Å². The van der Waals surface area contributed by atoms with E-state index >= 15 is 0 Å². The summed E-state index contributed by atoms with van der Waals surface area (Å²) < 4.78 is 13.4. The monoisotopic (exact) mass is 284 g/mol. The third kappa shape index (κ3) is 4.01. The van der Waals surface area contributed by atoms with Crippen LogP contribution < -0.4 is 10.6 Å². The average Bonchev–Trinajstić information content (AvgIpc) is 2.52. The lowest BCUT2D eigenvalue weighted by Crippen LogP contribution is -2.23. The molecule has 2 rings (SSSR count). The van der Waals surface area contributed by atoms with Crippen LogP contribution >= 0.6 is 0 Å². The first-order valence-corrected chi connectivity index (χ1v) is 6.21. The van der Waals surface area contributed by atoms with E-state index in [9.17, 15) is 9.18 Å². The van der Waals surface area contributed by atoms with E-state index in [4.69, 9.17) is 6.42 Å². The highest BCUT2D eigenvalue weighted by atomic mass is 19.1. The molecule has 0 spiro atoms. The molecular formula is C15H13FN4O. The van der Waals surface area contributed by atoms with Gasteiger partial charge in [-0.3, -0.25) is 9.78 Å². The molecule has 1 amide bonds. The average molecular weight is 284 g/mol. The van der Waals surface area contributed by atoms with E-state index in [0.717, 1.165) is 0 Å². The van der Waals surface area contributed by atoms with Crippen LogP contribution in [0.25, 0.3) is 0 Å². The van der Waals surface area contributed by atoms with Gasteiger partial charge < -0.3 is 10.6 Å². The second kappa shape index (κ2) is 7.01. The first kappa shape index (κ1) is 14.5. The van der Waals surface area contributed by atoms with E-state index in [1.54, 1.807) is 12.1 Å². The van der Waals surface area contributed by atoms with Crippen molar-refractivity contribution in [2.24, 2.45) is 0 Å². The van der Waals surface area contributed by atoms with Crippen molar-refractivity contribution in [3.63, 3.8) is 0 Å². The summed E-state index contributed by atoms with van der Waals surface area (Å²) in [4.78, 5) is 19.6. The predicted molar refractivity (Wildman–Crippen MR) is 76.9 cm³/mol. The van der Waals surface area contributed by atoms with Crippen molar-refractivity contribution >= 4 is 11.7 Å². The molecule has 5 nitrogen and oxygen atoms in total. The molecule has 0 bridgehead atoms. The van der Waals surface area contributed by atoms with E-state index in [2.05, 4.69) is 26.5 Å². The number of amides is 1. The number of pyridine rings is 2. The van der Waals surface area contributed by atoms with Crippen LogP contribution in [-0.4, -0.2) is 22.4 Å². The molecule has 2 heterocycles. The predicted octanol–water partition coefficient (Wildman–Crippen LogP) is 1.59. The lowest BCUT2D eigenvalue weighted by atomic mass is 10.2. The van der Waals surface area contributed by atoms with Crippen LogP contribution in [0.1, 0.15) is 16.1 Å². The van der Waals surface area contributed by atoms with Crippen LogP contribution in [0, 0.1) is 18.2 Å². The maximum Gasteiger partial charge on any atom is 0.253 e. The zero-order chi connectivity index (χ0) is 15.1. The lowest BCUT2D eigenvalue weighted by molar-refractivity contribution is 0.0958. The second-order valence-electron chi connectivity index (χ2n) is 4.10. The number of nitrogens with zero attached hydrogens (tertiary/aromatic N) is 2. The summed E-state index contributed by atoms with van der Waals surface area (Å²) in [5, 5.41) is 5.47. The van der Waals surface area contributed by atoms with E-state index in [1.165, 1.54) is 24.5 Å². The summed E-state index contributed by atoms with van der Waals surface area (Å²) in [6.45, 7) is 0.375. The lowest BCUT2D eigenvalue weighted by Gasteiger charge is -2.06. The summed E-state index contributed by atoms with van der Waals surface area (Å²) in [6, 6.07) is 6.11. The molecule has 0 atom stereocenters. The van der Waals surface area contributed by atoms with Gasteiger partial charge in [0.05, 0.1) is 24.3 Å². The fourth-order valence-electron chi connectivity index (χ4n) is 1.59. The molecule has 21 heavy (non-hydrogen) atoms. The van der Waals surface area contributed by atoms with Crippen LogP contribution in [0.2, 0.25) is 0 Å². The van der Waals surface area contributed by atoms with Crippen LogP contribution in [0.4, 0.5) is 10.2 Å². The Balaban J connectivity index is 1.95. The molecule has 0 aliphatic rings. The van der Waals surface area contributed by atoms with Gasteiger partial charge in [0.15, 0.2) is 0 Å². The van der Waals surface area contributed by atoms with Crippen molar-refractivity contribution in [1.29, 1.82) is 0 Å². The summed E-state index contributed by atoms with van der Waals surface area (Å²) >= 11 is 0. The smallest absolute Gasteiger partial charge is 0.253 e. The molecule has 0 unspecified atom stereocenters. The fourth-order valence-corrected chi connectivity index (χ4v) is 1.59. The van der Waals surface area contributed by atoms with Crippen LogP contribution in [-0.2, 0) is 6.54 Å². The van der Waals surface area contributed by atoms with Crippen LogP contribution in [0.15, 0.2) is 36.7 Å². The quantitative estimate of drug-likeness (QED) is 0.818. The van der Waals surface area contributed by atoms with Gasteiger partial charge in [0.1, 0.15) is 11.6 Å². The molecule has 2 N–H and O–H groups in total. The molecule has 106 valence electrons. The Morgan fingerprint density at radius 3 is 2.86 bits per heavy atom. The number of hydrogen-bond donors (Lipinski definition) is 2. The number of halogens is 1. The number of hydrogen-bond acceptors (Lipinski definition) is 4. The molecule has 0 saturated heterocycles. The molecule has 0 saturated carbocycles. The van der Waals surface area contributed by atoms with E-state index in [0.29, 0.717) is 17.1 Å². The Morgan fingerprint density at radius 1 is 1.33 bits per heavy atom. The van der Waals surface area contributed by atoms with Crippen molar-refractivity contribution < 1.29 is 9.18 Å². The summed E-state index contributed by atoms with van der Waals surface area (Å²) in [5.41, 5.74) is 0.704. The van der Waals surface area contributed by atoms with Gasteiger partial charge in [0.25, 0.3) is 5.91 Å². The number of anilines is 1. The maximum absolute atomic E-state index is 13.4. The molecule has 0 aromatic carbocycles. The Bertz CT molecular complexity index is 664. The standard InChI is InChI=1S/C15H13FN4O/c1-2-7-18-15(21)11-5-6-14(19-9-11)20-10-13-12(16)4-3-8-17-13/h1,3-6,8-9H,7,10H2,(H,18,21)(H,19,20). The first-order valence-electron chi connectivity index (χ1n) is 6.21.